The zero-order valence-corrected chi connectivity index (χ0v) is 12.9. The number of carbonyl (C=O) groups is 2. The van der Waals surface area contributed by atoms with E-state index in [0.717, 1.165) is 5.19 Å². The Kier molecular flexibility index (Phi) is 4.23. The third-order valence-electron chi connectivity index (χ3n) is 3.19. The summed E-state index contributed by atoms with van der Waals surface area (Å²) in [6, 6.07) is 15.6. The minimum absolute atomic E-state index is 0.0413. The molecule has 4 nitrogen and oxygen atoms in total. The second kappa shape index (κ2) is 5.93. The molecule has 0 heterocycles. The summed E-state index contributed by atoms with van der Waals surface area (Å²) >= 11 is 0. The van der Waals surface area contributed by atoms with E-state index in [4.69, 9.17) is 9.53 Å². The fraction of sp³-hybridized carbons (Fsp3) is 0.125. The van der Waals surface area contributed by atoms with E-state index in [-0.39, 0.29) is 11.1 Å². The number of aromatic carboxylic acids is 1. The molecule has 5 heteroatoms. The van der Waals surface area contributed by atoms with Gasteiger partial charge in [-0.3, -0.25) is 0 Å². The predicted octanol–water partition coefficient (Wildman–Crippen LogP) is 2.65. The fourth-order valence-corrected chi connectivity index (χ4v) is 3.72. The molecule has 1 N–H and O–H groups in total. The Labute approximate surface area is 124 Å². The molecule has 0 aliphatic carbocycles. The van der Waals surface area contributed by atoms with Crippen molar-refractivity contribution in [2.24, 2.45) is 0 Å². The van der Waals surface area contributed by atoms with E-state index in [2.05, 4.69) is 0 Å². The number of carboxylic acids is 1. The molecule has 0 amide bonds. The average Bonchev–Trinajstić information content (AvgIpc) is 2.47. The summed E-state index contributed by atoms with van der Waals surface area (Å²) in [7, 11) is -2.43. The van der Waals surface area contributed by atoms with E-state index in [1.807, 2.05) is 43.4 Å². The Balaban J connectivity index is 2.28. The summed E-state index contributed by atoms with van der Waals surface area (Å²) < 4.78 is 5.64. The normalized spacial score (nSPS) is 11.0. The maximum Gasteiger partial charge on any atom is 0.336 e. The van der Waals surface area contributed by atoms with Crippen LogP contribution in [-0.4, -0.2) is 25.4 Å². The number of hydrogen-bond acceptors (Lipinski definition) is 3. The summed E-state index contributed by atoms with van der Waals surface area (Å²) in [5.41, 5.74) is 0.0434. The molecule has 0 radical (unpaired) electrons. The summed E-state index contributed by atoms with van der Waals surface area (Å²) in [5, 5.41) is 10.1. The van der Waals surface area contributed by atoms with Gasteiger partial charge in [0.2, 0.25) is 0 Å². The van der Waals surface area contributed by atoms with Gasteiger partial charge in [0.1, 0.15) is 0 Å². The highest BCUT2D eigenvalue weighted by Gasteiger charge is 2.31. The lowest BCUT2D eigenvalue weighted by atomic mass is 10.1. The van der Waals surface area contributed by atoms with E-state index in [1.54, 1.807) is 12.1 Å². The molecule has 0 aliphatic heterocycles. The molecule has 0 unspecified atom stereocenters. The number of carbonyl (C=O) groups excluding carboxylic acids is 1. The maximum absolute atomic E-state index is 12.3. The van der Waals surface area contributed by atoms with Crippen molar-refractivity contribution in [1.29, 1.82) is 0 Å². The highest BCUT2D eigenvalue weighted by atomic mass is 28.4. The van der Waals surface area contributed by atoms with Crippen molar-refractivity contribution in [2.75, 3.05) is 0 Å². The van der Waals surface area contributed by atoms with Gasteiger partial charge in [-0.05, 0) is 30.4 Å². The Morgan fingerprint density at radius 3 is 2.00 bits per heavy atom. The molecule has 0 saturated carbocycles. The Morgan fingerprint density at radius 1 is 0.905 bits per heavy atom. The number of benzene rings is 2. The van der Waals surface area contributed by atoms with E-state index in [1.165, 1.54) is 12.1 Å². The van der Waals surface area contributed by atoms with Crippen LogP contribution in [0.3, 0.4) is 0 Å². The van der Waals surface area contributed by atoms with Crippen molar-refractivity contribution >= 4 is 25.4 Å². The van der Waals surface area contributed by atoms with Gasteiger partial charge in [-0.2, -0.15) is 0 Å². The van der Waals surface area contributed by atoms with Gasteiger partial charge in [-0.25, -0.2) is 9.59 Å². The lowest BCUT2D eigenvalue weighted by Crippen LogP contribution is -2.46. The van der Waals surface area contributed by atoms with E-state index < -0.39 is 20.3 Å². The highest BCUT2D eigenvalue weighted by Crippen LogP contribution is 2.14. The minimum atomic E-state index is -2.43. The van der Waals surface area contributed by atoms with Gasteiger partial charge in [0, 0.05) is 0 Å². The second-order valence-corrected chi connectivity index (χ2v) is 8.92. The first-order valence-corrected chi connectivity index (χ1v) is 9.44. The SMILES string of the molecule is C[Si](C)(OC(=O)c1ccccc1C(=O)O)c1ccccc1. The van der Waals surface area contributed by atoms with E-state index >= 15 is 0 Å². The van der Waals surface area contributed by atoms with Crippen LogP contribution >= 0.6 is 0 Å². The van der Waals surface area contributed by atoms with Crippen LogP contribution in [0.2, 0.25) is 13.1 Å². The largest absolute Gasteiger partial charge is 0.512 e. The molecule has 0 aromatic heterocycles. The van der Waals surface area contributed by atoms with Gasteiger partial charge in [0.15, 0.2) is 0 Å². The number of carboxylic acid groups (broad SMARTS) is 1. The van der Waals surface area contributed by atoms with E-state index in [0.29, 0.717) is 0 Å². The molecular formula is C16H16O4Si. The molecule has 0 saturated heterocycles. The van der Waals surface area contributed by atoms with Crippen molar-refractivity contribution in [1.82, 2.24) is 0 Å². The first-order valence-electron chi connectivity index (χ1n) is 6.53. The van der Waals surface area contributed by atoms with Crippen LogP contribution in [0.25, 0.3) is 0 Å². The quantitative estimate of drug-likeness (QED) is 0.882. The summed E-state index contributed by atoms with van der Waals surface area (Å²) in [6.07, 6.45) is 0. The Morgan fingerprint density at radius 2 is 1.43 bits per heavy atom. The highest BCUT2D eigenvalue weighted by molar-refractivity contribution is 6.85. The molecule has 0 bridgehead atoms. The van der Waals surface area contributed by atoms with Crippen LogP contribution in [0.1, 0.15) is 20.7 Å². The van der Waals surface area contributed by atoms with Gasteiger partial charge in [0.05, 0.1) is 11.1 Å². The zero-order chi connectivity index (χ0) is 15.5. The summed E-state index contributed by atoms with van der Waals surface area (Å²) in [4.78, 5) is 23.5. The molecule has 2 aromatic rings. The first-order chi connectivity index (χ1) is 9.92. The molecule has 0 fully saturated rings. The van der Waals surface area contributed by atoms with Crippen molar-refractivity contribution < 1.29 is 19.1 Å². The van der Waals surface area contributed by atoms with Gasteiger partial charge >= 0.3 is 11.9 Å². The Bertz CT molecular complexity index is 665. The number of hydrogen-bond donors (Lipinski definition) is 1. The molecule has 0 aliphatic rings. The molecule has 21 heavy (non-hydrogen) atoms. The van der Waals surface area contributed by atoms with Crippen LogP contribution < -0.4 is 5.19 Å². The third-order valence-corrected chi connectivity index (χ3v) is 5.61. The molecule has 0 atom stereocenters. The van der Waals surface area contributed by atoms with Crippen LogP contribution in [0.15, 0.2) is 54.6 Å². The standard InChI is InChI=1S/C16H16O4Si/c1-21(2,12-8-4-3-5-9-12)20-16(19)14-11-7-6-10-13(14)15(17)18/h3-11H,1-2H3,(H,17,18). The molecule has 0 spiro atoms. The van der Waals surface area contributed by atoms with Gasteiger partial charge in [-0.15, -0.1) is 0 Å². The van der Waals surface area contributed by atoms with Gasteiger partial charge < -0.3 is 9.53 Å². The van der Waals surface area contributed by atoms with Crippen LogP contribution in [0, 0.1) is 0 Å². The smallest absolute Gasteiger partial charge is 0.336 e. The monoisotopic (exact) mass is 300 g/mol. The minimum Gasteiger partial charge on any atom is -0.512 e. The molecule has 2 aromatic carbocycles. The first kappa shape index (κ1) is 15.0. The van der Waals surface area contributed by atoms with Crippen molar-refractivity contribution in [3.05, 3.63) is 65.7 Å². The lowest BCUT2D eigenvalue weighted by Gasteiger charge is -2.23. The van der Waals surface area contributed by atoms with Crippen molar-refractivity contribution in [3.63, 3.8) is 0 Å². The number of rotatable bonds is 4. The molecule has 2 rings (SSSR count). The Hall–Kier alpha value is -2.40. The molecular weight excluding hydrogens is 284 g/mol. The van der Waals surface area contributed by atoms with Crippen LogP contribution in [-0.2, 0) is 4.43 Å². The second-order valence-electron chi connectivity index (χ2n) is 5.12. The zero-order valence-electron chi connectivity index (χ0n) is 11.9. The third kappa shape index (κ3) is 3.38. The van der Waals surface area contributed by atoms with Crippen LogP contribution in [0.5, 0.6) is 0 Å². The van der Waals surface area contributed by atoms with Gasteiger partial charge in [-0.1, -0.05) is 42.5 Å². The van der Waals surface area contributed by atoms with Crippen molar-refractivity contribution in [3.8, 4) is 0 Å². The fourth-order valence-electron chi connectivity index (χ4n) is 2.03. The predicted molar refractivity (Wildman–Crippen MR) is 82.4 cm³/mol. The van der Waals surface area contributed by atoms with E-state index in [9.17, 15) is 9.59 Å². The van der Waals surface area contributed by atoms with Crippen molar-refractivity contribution in [2.45, 2.75) is 13.1 Å². The van der Waals surface area contributed by atoms with Gasteiger partial charge in [0.25, 0.3) is 8.32 Å². The molecule has 108 valence electrons. The maximum atomic E-state index is 12.3. The van der Waals surface area contributed by atoms with Crippen LogP contribution in [0.4, 0.5) is 0 Å². The topological polar surface area (TPSA) is 63.6 Å². The lowest BCUT2D eigenvalue weighted by molar-refractivity contribution is 0.0665. The summed E-state index contributed by atoms with van der Waals surface area (Å²) in [6.45, 7) is 3.81. The average molecular weight is 300 g/mol. The summed E-state index contributed by atoms with van der Waals surface area (Å²) in [5.74, 6) is -1.73.